The number of ether oxygens (including phenoxy) is 4. The van der Waals surface area contributed by atoms with Crippen molar-refractivity contribution >= 4 is 41.4 Å². The molecule has 0 bridgehead atoms. The van der Waals surface area contributed by atoms with Crippen molar-refractivity contribution in [2.45, 2.75) is 19.3 Å². The summed E-state index contributed by atoms with van der Waals surface area (Å²) in [7, 11) is 0. The summed E-state index contributed by atoms with van der Waals surface area (Å²) >= 11 is 2.46. The van der Waals surface area contributed by atoms with Crippen molar-refractivity contribution in [2.75, 3.05) is 51.8 Å². The van der Waals surface area contributed by atoms with Crippen LogP contribution in [0, 0.1) is 0 Å². The van der Waals surface area contributed by atoms with E-state index in [1.54, 1.807) is 13.8 Å². The molecule has 0 aromatic carbocycles. The van der Waals surface area contributed by atoms with Gasteiger partial charge in [0.25, 0.3) is 0 Å². The van der Waals surface area contributed by atoms with E-state index in [4.69, 9.17) is 18.9 Å². The normalized spacial score (nSPS) is 20.5. The van der Waals surface area contributed by atoms with Crippen molar-refractivity contribution < 1.29 is 33.3 Å². The molecule has 2 aliphatic heterocycles. The Bertz CT molecular complexity index is 541. The third-order valence-electron chi connectivity index (χ3n) is 3.47. The maximum atomic E-state index is 12.1. The van der Waals surface area contributed by atoms with E-state index in [1.807, 2.05) is 4.90 Å². The maximum absolute atomic E-state index is 12.1. The van der Waals surface area contributed by atoms with Gasteiger partial charge in [-0.1, -0.05) is 11.8 Å². The van der Waals surface area contributed by atoms with Crippen LogP contribution >= 0.6 is 23.5 Å². The molecule has 0 amide bonds. The van der Waals surface area contributed by atoms with Crippen LogP contribution in [0.3, 0.4) is 0 Å². The molecular formula is C16H23NO7S2. The lowest BCUT2D eigenvalue weighted by Gasteiger charge is -2.25. The second kappa shape index (κ2) is 10.8. The molecule has 2 saturated heterocycles. The van der Waals surface area contributed by atoms with Crippen LogP contribution in [-0.2, 0) is 33.3 Å². The first-order valence-electron chi connectivity index (χ1n) is 8.42. The maximum Gasteiger partial charge on any atom is 0.347 e. The van der Waals surface area contributed by atoms with E-state index in [2.05, 4.69) is 0 Å². The fraction of sp³-hybridized carbons (Fsp3) is 0.688. The fourth-order valence-electron chi connectivity index (χ4n) is 2.30. The van der Waals surface area contributed by atoms with Gasteiger partial charge in [0.2, 0.25) is 0 Å². The molecule has 0 aromatic rings. The third-order valence-corrected chi connectivity index (χ3v) is 6.20. The molecule has 0 aliphatic carbocycles. The SMILES string of the molecule is CCOC(=O)C(C(=O)OCC)=C1SCC(OC(=O)CN2CCOCC2)S1. The first kappa shape index (κ1) is 21.1. The van der Waals surface area contributed by atoms with Crippen molar-refractivity contribution in [2.24, 2.45) is 0 Å². The molecule has 2 heterocycles. The Kier molecular flexibility index (Phi) is 8.76. The van der Waals surface area contributed by atoms with Crippen LogP contribution in [0.2, 0.25) is 0 Å². The van der Waals surface area contributed by atoms with Crippen LogP contribution in [0.1, 0.15) is 13.8 Å². The highest BCUT2D eigenvalue weighted by Crippen LogP contribution is 2.44. The average Bonchev–Trinajstić information content (AvgIpc) is 3.04. The number of hydrogen-bond acceptors (Lipinski definition) is 10. The molecule has 2 fully saturated rings. The molecule has 0 radical (unpaired) electrons. The molecule has 146 valence electrons. The summed E-state index contributed by atoms with van der Waals surface area (Å²) in [6.45, 7) is 6.45. The minimum atomic E-state index is -0.721. The van der Waals surface area contributed by atoms with Crippen LogP contribution in [0.4, 0.5) is 0 Å². The molecule has 0 N–H and O–H groups in total. The Balaban J connectivity index is 1.96. The summed E-state index contributed by atoms with van der Waals surface area (Å²) in [5, 5.41) is 0. The lowest BCUT2D eigenvalue weighted by molar-refractivity contribution is -0.147. The molecule has 2 rings (SSSR count). The Morgan fingerprint density at radius 3 is 2.31 bits per heavy atom. The van der Waals surface area contributed by atoms with Gasteiger partial charge >= 0.3 is 17.9 Å². The van der Waals surface area contributed by atoms with Crippen molar-refractivity contribution in [1.82, 2.24) is 4.90 Å². The monoisotopic (exact) mass is 405 g/mol. The van der Waals surface area contributed by atoms with Crippen LogP contribution in [-0.4, -0.2) is 80.1 Å². The molecular weight excluding hydrogens is 382 g/mol. The van der Waals surface area contributed by atoms with E-state index in [1.165, 1.54) is 23.5 Å². The van der Waals surface area contributed by atoms with Crippen LogP contribution < -0.4 is 0 Å². The van der Waals surface area contributed by atoms with Gasteiger partial charge in [-0.25, -0.2) is 9.59 Å². The van der Waals surface area contributed by atoms with Gasteiger partial charge in [0.15, 0.2) is 11.0 Å². The zero-order valence-corrected chi connectivity index (χ0v) is 16.5. The quantitative estimate of drug-likeness (QED) is 0.201. The number of hydrogen-bond donors (Lipinski definition) is 0. The van der Waals surface area contributed by atoms with Gasteiger partial charge in [-0.3, -0.25) is 9.69 Å². The van der Waals surface area contributed by atoms with Crippen LogP contribution in [0.15, 0.2) is 9.81 Å². The smallest absolute Gasteiger partial charge is 0.347 e. The Morgan fingerprint density at radius 1 is 1.12 bits per heavy atom. The number of carbonyl (C=O) groups is 3. The van der Waals surface area contributed by atoms with Crippen LogP contribution in [0.5, 0.6) is 0 Å². The van der Waals surface area contributed by atoms with Gasteiger partial charge in [0, 0.05) is 18.8 Å². The van der Waals surface area contributed by atoms with Crippen molar-refractivity contribution in [3.63, 3.8) is 0 Å². The largest absolute Gasteiger partial charge is 0.462 e. The first-order valence-corrected chi connectivity index (χ1v) is 10.3. The number of thioether (sulfide) groups is 2. The topological polar surface area (TPSA) is 91.4 Å². The molecule has 8 nitrogen and oxygen atoms in total. The van der Waals surface area contributed by atoms with E-state index in [9.17, 15) is 14.4 Å². The highest BCUT2D eigenvalue weighted by Gasteiger charge is 2.34. The van der Waals surface area contributed by atoms with Gasteiger partial charge in [-0.15, -0.1) is 11.8 Å². The number of carbonyl (C=O) groups excluding carboxylic acids is 3. The minimum absolute atomic E-state index is 0.129. The van der Waals surface area contributed by atoms with Gasteiger partial charge in [0.05, 0.1) is 37.2 Å². The minimum Gasteiger partial charge on any atom is -0.462 e. The predicted octanol–water partition coefficient (Wildman–Crippen LogP) is 1.01. The Hall–Kier alpha value is -1.23. The van der Waals surface area contributed by atoms with Gasteiger partial charge in [-0.05, 0) is 13.8 Å². The Morgan fingerprint density at radius 2 is 1.73 bits per heavy atom. The summed E-state index contributed by atoms with van der Waals surface area (Å²) in [6.07, 6.45) is 0. The van der Waals surface area contributed by atoms with E-state index in [0.29, 0.717) is 36.3 Å². The van der Waals surface area contributed by atoms with E-state index >= 15 is 0 Å². The van der Waals surface area contributed by atoms with Gasteiger partial charge in [0.1, 0.15) is 0 Å². The van der Waals surface area contributed by atoms with Crippen LogP contribution in [0.25, 0.3) is 0 Å². The number of rotatable bonds is 7. The predicted molar refractivity (Wildman–Crippen MR) is 97.5 cm³/mol. The van der Waals surface area contributed by atoms with E-state index in [-0.39, 0.29) is 31.3 Å². The summed E-state index contributed by atoms with van der Waals surface area (Å²) < 4.78 is 21.1. The number of morpholine rings is 1. The molecule has 1 atom stereocenters. The molecule has 26 heavy (non-hydrogen) atoms. The standard InChI is InChI=1S/C16H23NO7S2/c1-3-22-14(19)13(15(20)23-4-2)16-25-10-12(26-16)24-11(18)9-17-5-7-21-8-6-17/h12H,3-10H2,1-2H3. The van der Waals surface area contributed by atoms with E-state index < -0.39 is 17.4 Å². The lowest BCUT2D eigenvalue weighted by Crippen LogP contribution is -2.40. The summed E-state index contributed by atoms with van der Waals surface area (Å²) in [4.78, 5) is 38.3. The summed E-state index contributed by atoms with van der Waals surface area (Å²) in [5.74, 6) is -1.32. The Labute approximate surface area is 160 Å². The lowest BCUT2D eigenvalue weighted by atomic mass is 10.3. The van der Waals surface area contributed by atoms with Crippen molar-refractivity contribution in [3.8, 4) is 0 Å². The molecule has 2 aliphatic rings. The molecule has 0 saturated carbocycles. The second-order valence-corrected chi connectivity index (χ2v) is 7.80. The molecule has 1 unspecified atom stereocenters. The fourth-order valence-corrected chi connectivity index (χ4v) is 4.92. The summed E-state index contributed by atoms with van der Waals surface area (Å²) in [5.41, 5.74) is -0.585. The molecule has 0 spiro atoms. The van der Waals surface area contributed by atoms with Crippen molar-refractivity contribution in [3.05, 3.63) is 9.81 Å². The second-order valence-electron chi connectivity index (χ2n) is 5.34. The average molecular weight is 405 g/mol. The number of esters is 3. The highest BCUT2D eigenvalue weighted by atomic mass is 32.2. The van der Waals surface area contributed by atoms with Gasteiger partial charge < -0.3 is 18.9 Å². The first-order chi connectivity index (χ1) is 12.5. The van der Waals surface area contributed by atoms with Gasteiger partial charge in [-0.2, -0.15) is 0 Å². The number of nitrogens with zero attached hydrogens (tertiary/aromatic N) is 1. The highest BCUT2D eigenvalue weighted by molar-refractivity contribution is 8.25. The summed E-state index contributed by atoms with van der Waals surface area (Å²) in [6, 6.07) is 0. The third kappa shape index (κ3) is 6.19. The zero-order chi connectivity index (χ0) is 18.9. The molecule has 0 aromatic heterocycles. The molecule has 10 heteroatoms. The van der Waals surface area contributed by atoms with E-state index in [0.717, 1.165) is 0 Å². The van der Waals surface area contributed by atoms with Crippen molar-refractivity contribution in [1.29, 1.82) is 0 Å². The zero-order valence-electron chi connectivity index (χ0n) is 14.9.